The van der Waals surface area contributed by atoms with Crippen molar-refractivity contribution in [3.05, 3.63) is 176 Å². The van der Waals surface area contributed by atoms with Crippen molar-refractivity contribution >= 4 is 86.3 Å². The topological polar surface area (TPSA) is 43.9 Å². The molecule has 0 aliphatic heterocycles. The predicted molar refractivity (Wildman–Crippen MR) is 230 cm³/mol. The van der Waals surface area contributed by atoms with E-state index >= 15 is 0 Å². The van der Waals surface area contributed by atoms with Crippen LogP contribution in [-0.2, 0) is 0 Å². The molecule has 0 fully saturated rings. The van der Waals surface area contributed by atoms with E-state index in [9.17, 15) is 0 Å². The second-order valence-electron chi connectivity index (χ2n) is 14.1. The van der Waals surface area contributed by atoms with Crippen LogP contribution in [0.1, 0.15) is 0 Å². The smallest absolute Gasteiger partial charge is 0.246 e. The number of para-hydroxylation sites is 2. The Morgan fingerprint density at radius 2 is 1.20 bits per heavy atom. The number of fused-ring (bicyclic) bond motifs is 11. The maximum absolute atomic E-state index is 6.35. The molecule has 0 saturated carbocycles. The van der Waals surface area contributed by atoms with Crippen LogP contribution in [0.3, 0.4) is 0 Å². The lowest BCUT2D eigenvalue weighted by molar-refractivity contribution is 0.654. The van der Waals surface area contributed by atoms with Crippen LogP contribution < -0.4 is 0 Å². The summed E-state index contributed by atoms with van der Waals surface area (Å²) in [7, 11) is 0. The summed E-state index contributed by atoms with van der Waals surface area (Å²) in [6.07, 6.45) is 1.91. The summed E-state index contributed by atoms with van der Waals surface area (Å²) in [4.78, 5) is 10.1. The van der Waals surface area contributed by atoms with E-state index in [4.69, 9.17) is 14.4 Å². The number of nitrogens with zero attached hydrogens (tertiary/aromatic N) is 3. The van der Waals surface area contributed by atoms with Gasteiger partial charge in [-0.2, -0.15) is 0 Å². The van der Waals surface area contributed by atoms with Gasteiger partial charge in [-0.25, -0.2) is 9.97 Å². The third-order valence-electron chi connectivity index (χ3n) is 11.1. The van der Waals surface area contributed by atoms with Gasteiger partial charge in [-0.1, -0.05) is 115 Å². The van der Waals surface area contributed by atoms with E-state index in [1.807, 2.05) is 23.6 Å². The molecule has 8 aromatic carbocycles. The van der Waals surface area contributed by atoms with Crippen LogP contribution in [0.25, 0.3) is 114 Å². The van der Waals surface area contributed by atoms with Gasteiger partial charge in [0.15, 0.2) is 0 Å². The normalized spacial score (nSPS) is 12.0. The molecule has 0 atom stereocenters. The molecule has 0 aliphatic carbocycles. The Balaban J connectivity index is 1.01. The number of thiophene rings is 1. The fourth-order valence-electron chi connectivity index (χ4n) is 8.62. The van der Waals surface area contributed by atoms with E-state index in [-0.39, 0.29) is 0 Å². The van der Waals surface area contributed by atoms with Crippen molar-refractivity contribution in [3.63, 3.8) is 0 Å². The Bertz CT molecular complexity index is 3500. The molecule has 0 amide bonds. The van der Waals surface area contributed by atoms with Gasteiger partial charge in [0.25, 0.3) is 0 Å². The molecule has 0 saturated heterocycles. The second-order valence-corrected chi connectivity index (χ2v) is 15.2. The van der Waals surface area contributed by atoms with Gasteiger partial charge in [-0.05, 0) is 87.6 Å². The summed E-state index contributed by atoms with van der Waals surface area (Å²) in [5.74, 6) is 0. The third kappa shape index (κ3) is 4.57. The van der Waals surface area contributed by atoms with E-state index in [1.54, 1.807) is 0 Å². The minimum Gasteiger partial charge on any atom is -0.436 e. The zero-order valence-electron chi connectivity index (χ0n) is 29.4. The van der Waals surface area contributed by atoms with Gasteiger partial charge in [0, 0.05) is 42.2 Å². The number of aromatic nitrogens is 3. The van der Waals surface area contributed by atoms with Crippen molar-refractivity contribution in [1.29, 1.82) is 0 Å². The molecule has 12 aromatic rings. The van der Waals surface area contributed by atoms with E-state index in [0.29, 0.717) is 5.71 Å². The van der Waals surface area contributed by atoms with Gasteiger partial charge in [-0.3, -0.25) is 0 Å². The van der Waals surface area contributed by atoms with E-state index < -0.39 is 0 Å². The fraction of sp³-hybridized carbons (Fsp3) is 0. The molecule has 0 unspecified atom stereocenters. The first kappa shape index (κ1) is 30.4. The number of benzene rings is 8. The van der Waals surface area contributed by atoms with Gasteiger partial charge < -0.3 is 8.98 Å². The molecule has 0 bridgehead atoms. The summed E-state index contributed by atoms with van der Waals surface area (Å²) in [6, 6.07) is 60.8. The standard InChI is InChI=1S/C50H29N3OS/c1-2-14-34(15-3-1)53-41-20-7-6-17-37(41)39-28-32(23-25-42(39)53)31-12-8-13-33(27-31)36-18-9-21-44-47(36)48-38(19-10-22-45(48)55-44)40-29-51-49-46-35-16-5-4-11-30(35)24-26-43(46)54-50(49)52-40/h1-29H. The van der Waals surface area contributed by atoms with Gasteiger partial charge in [0.2, 0.25) is 5.71 Å². The lowest BCUT2D eigenvalue weighted by Crippen LogP contribution is -1.92. The number of furan rings is 1. The third-order valence-corrected chi connectivity index (χ3v) is 12.2. The largest absolute Gasteiger partial charge is 0.436 e. The lowest BCUT2D eigenvalue weighted by Gasteiger charge is -2.11. The second kappa shape index (κ2) is 11.7. The minimum absolute atomic E-state index is 0.553. The average Bonchev–Trinajstić information content (AvgIpc) is 3.93. The van der Waals surface area contributed by atoms with E-state index in [1.165, 1.54) is 64.2 Å². The first-order chi connectivity index (χ1) is 27.3. The molecular formula is C50H29N3OS. The number of hydrogen-bond donors (Lipinski definition) is 0. The monoisotopic (exact) mass is 719 g/mol. The Morgan fingerprint density at radius 3 is 2.09 bits per heavy atom. The average molecular weight is 720 g/mol. The van der Waals surface area contributed by atoms with Gasteiger partial charge in [-0.15, -0.1) is 11.3 Å². The van der Waals surface area contributed by atoms with Crippen LogP contribution in [0, 0.1) is 0 Å². The zero-order chi connectivity index (χ0) is 36.0. The van der Waals surface area contributed by atoms with Crippen molar-refractivity contribution in [2.75, 3.05) is 0 Å². The van der Waals surface area contributed by atoms with E-state index in [2.05, 4.69) is 168 Å². The summed E-state index contributed by atoms with van der Waals surface area (Å²) in [6.45, 7) is 0. The minimum atomic E-state index is 0.553. The molecule has 0 spiro atoms. The Labute approximate surface area is 319 Å². The quantitative estimate of drug-likeness (QED) is 0.182. The van der Waals surface area contributed by atoms with Crippen LogP contribution in [-0.4, -0.2) is 14.5 Å². The summed E-state index contributed by atoms with van der Waals surface area (Å²) in [5.41, 5.74) is 12.3. The first-order valence-electron chi connectivity index (χ1n) is 18.5. The Hall–Kier alpha value is -7.08. The highest BCUT2D eigenvalue weighted by atomic mass is 32.1. The molecule has 0 radical (unpaired) electrons. The molecule has 0 N–H and O–H groups in total. The van der Waals surface area contributed by atoms with Gasteiger partial charge in [0.1, 0.15) is 11.1 Å². The molecule has 5 heteroatoms. The van der Waals surface area contributed by atoms with Crippen molar-refractivity contribution in [2.45, 2.75) is 0 Å². The summed E-state index contributed by atoms with van der Waals surface area (Å²) < 4.78 is 11.2. The van der Waals surface area contributed by atoms with Crippen molar-refractivity contribution in [3.8, 4) is 39.2 Å². The predicted octanol–water partition coefficient (Wildman–Crippen LogP) is 14.0. The highest BCUT2D eigenvalue weighted by Crippen LogP contribution is 2.45. The highest BCUT2D eigenvalue weighted by Gasteiger charge is 2.19. The van der Waals surface area contributed by atoms with Crippen LogP contribution in [0.2, 0.25) is 0 Å². The lowest BCUT2D eigenvalue weighted by atomic mass is 9.94. The molecule has 256 valence electrons. The molecule has 12 rings (SSSR count). The molecule has 4 heterocycles. The molecular weight excluding hydrogens is 691 g/mol. The molecule has 55 heavy (non-hydrogen) atoms. The van der Waals surface area contributed by atoms with Crippen LogP contribution in [0.4, 0.5) is 0 Å². The van der Waals surface area contributed by atoms with Crippen molar-refractivity contribution in [1.82, 2.24) is 14.5 Å². The maximum atomic E-state index is 6.35. The van der Waals surface area contributed by atoms with Crippen LogP contribution in [0.15, 0.2) is 180 Å². The summed E-state index contributed by atoms with van der Waals surface area (Å²) in [5, 5.41) is 8.20. The zero-order valence-corrected chi connectivity index (χ0v) is 30.2. The molecule has 4 nitrogen and oxygen atoms in total. The number of rotatable bonds is 4. The highest BCUT2D eigenvalue weighted by molar-refractivity contribution is 7.26. The Kier molecular flexibility index (Phi) is 6.47. The Morgan fingerprint density at radius 1 is 0.491 bits per heavy atom. The fourth-order valence-corrected chi connectivity index (χ4v) is 9.78. The van der Waals surface area contributed by atoms with Crippen LogP contribution >= 0.6 is 11.3 Å². The van der Waals surface area contributed by atoms with Crippen molar-refractivity contribution < 1.29 is 4.42 Å². The van der Waals surface area contributed by atoms with Gasteiger partial charge in [0.05, 0.1) is 28.3 Å². The summed E-state index contributed by atoms with van der Waals surface area (Å²) >= 11 is 1.82. The van der Waals surface area contributed by atoms with Gasteiger partial charge >= 0.3 is 0 Å². The molecule has 4 aromatic heterocycles. The molecule has 0 aliphatic rings. The first-order valence-corrected chi connectivity index (χ1v) is 19.3. The van der Waals surface area contributed by atoms with Crippen LogP contribution in [0.5, 0.6) is 0 Å². The SMILES string of the molecule is c1ccc(-n2c3ccccc3c3cc(-c4cccc(-c5cccc6sc7cccc(-c8cnc9c(n8)oc8ccc%10ccccc%10c89)c7c56)c4)ccc32)cc1. The number of hydrogen-bond acceptors (Lipinski definition) is 4. The maximum Gasteiger partial charge on any atom is 0.246 e. The van der Waals surface area contributed by atoms with E-state index in [0.717, 1.165) is 44.2 Å². The van der Waals surface area contributed by atoms with Crippen molar-refractivity contribution in [2.24, 2.45) is 0 Å².